The maximum Gasteiger partial charge on any atom is 0.141 e. The average Bonchev–Trinajstić information content (AvgIpc) is 2.41. The van der Waals surface area contributed by atoms with Gasteiger partial charge in [0.1, 0.15) is 17.5 Å². The van der Waals surface area contributed by atoms with Crippen molar-refractivity contribution in [3.05, 3.63) is 41.2 Å². The summed E-state index contributed by atoms with van der Waals surface area (Å²) in [6.45, 7) is 6.03. The van der Waals surface area contributed by atoms with Crippen LogP contribution in [0.2, 0.25) is 0 Å². The maximum atomic E-state index is 4.55. The van der Waals surface area contributed by atoms with Crippen molar-refractivity contribution in [1.29, 1.82) is 0 Å². The van der Waals surface area contributed by atoms with Crippen molar-refractivity contribution in [2.24, 2.45) is 0 Å². The summed E-state index contributed by atoms with van der Waals surface area (Å²) in [6, 6.07) is 8.42. The first kappa shape index (κ1) is 13.3. The van der Waals surface area contributed by atoms with Crippen molar-refractivity contribution < 1.29 is 0 Å². The van der Waals surface area contributed by atoms with Crippen LogP contribution in [0.5, 0.6) is 0 Å². The fourth-order valence-corrected chi connectivity index (χ4v) is 2.07. The van der Waals surface area contributed by atoms with Crippen LogP contribution < -0.4 is 10.2 Å². The van der Waals surface area contributed by atoms with Gasteiger partial charge in [0.25, 0.3) is 0 Å². The van der Waals surface area contributed by atoms with E-state index < -0.39 is 0 Å². The van der Waals surface area contributed by atoms with Gasteiger partial charge in [-0.05, 0) is 32.9 Å². The molecule has 1 aromatic heterocycles. The summed E-state index contributed by atoms with van der Waals surface area (Å²) in [5, 5.41) is 3.11. The summed E-state index contributed by atoms with van der Waals surface area (Å²) in [5.74, 6) is 2.58. The van der Waals surface area contributed by atoms with Gasteiger partial charge >= 0.3 is 0 Å². The van der Waals surface area contributed by atoms with Crippen molar-refractivity contribution in [1.82, 2.24) is 9.97 Å². The summed E-state index contributed by atoms with van der Waals surface area (Å²) in [7, 11) is 3.91. The van der Waals surface area contributed by atoms with Gasteiger partial charge in [0.05, 0.1) is 0 Å². The Balaban J connectivity index is 2.46. The summed E-state index contributed by atoms with van der Waals surface area (Å²) in [5.41, 5.74) is 3.42. The molecule has 0 amide bonds. The van der Waals surface area contributed by atoms with Crippen LogP contribution in [0.15, 0.2) is 24.3 Å². The van der Waals surface area contributed by atoms with Crippen molar-refractivity contribution in [2.75, 3.05) is 24.3 Å². The molecular formula is C15H20N4. The number of rotatable bonds is 3. The lowest BCUT2D eigenvalue weighted by atomic mass is 10.2. The van der Waals surface area contributed by atoms with E-state index in [0.29, 0.717) is 0 Å². The Kier molecular flexibility index (Phi) is 3.69. The molecule has 0 aliphatic rings. The van der Waals surface area contributed by atoms with E-state index in [2.05, 4.69) is 51.4 Å². The first-order valence-corrected chi connectivity index (χ1v) is 6.36. The van der Waals surface area contributed by atoms with Gasteiger partial charge in [0.15, 0.2) is 0 Å². The van der Waals surface area contributed by atoms with E-state index in [4.69, 9.17) is 0 Å². The molecule has 1 heterocycles. The molecule has 0 saturated carbocycles. The molecule has 0 aliphatic heterocycles. The van der Waals surface area contributed by atoms with Crippen molar-refractivity contribution in [3.8, 4) is 0 Å². The van der Waals surface area contributed by atoms with Crippen molar-refractivity contribution in [3.63, 3.8) is 0 Å². The lowest BCUT2D eigenvalue weighted by molar-refractivity contribution is 0.992. The number of benzene rings is 1. The first-order valence-electron chi connectivity index (χ1n) is 6.36. The van der Waals surface area contributed by atoms with Crippen LogP contribution in [-0.2, 0) is 0 Å². The highest BCUT2D eigenvalue weighted by Crippen LogP contribution is 2.28. The smallest absolute Gasteiger partial charge is 0.141 e. The second kappa shape index (κ2) is 5.26. The van der Waals surface area contributed by atoms with Crippen LogP contribution in [-0.4, -0.2) is 24.1 Å². The minimum Gasteiger partial charge on any atom is -0.373 e. The molecule has 1 aromatic carbocycles. The summed E-state index contributed by atoms with van der Waals surface area (Å²) >= 11 is 0. The van der Waals surface area contributed by atoms with E-state index in [0.717, 1.165) is 28.7 Å². The van der Waals surface area contributed by atoms with Gasteiger partial charge in [-0.2, -0.15) is 0 Å². The molecule has 0 fully saturated rings. The Bertz CT molecular complexity index is 575. The number of nitrogens with zero attached hydrogens (tertiary/aromatic N) is 3. The number of hydrogen-bond acceptors (Lipinski definition) is 4. The van der Waals surface area contributed by atoms with Gasteiger partial charge in [-0.3, -0.25) is 0 Å². The van der Waals surface area contributed by atoms with Crippen LogP contribution in [0.4, 0.5) is 17.3 Å². The number of hydrogen-bond donors (Lipinski definition) is 1. The monoisotopic (exact) mass is 256 g/mol. The van der Waals surface area contributed by atoms with Gasteiger partial charge in [-0.1, -0.05) is 17.7 Å². The summed E-state index contributed by atoms with van der Waals surface area (Å²) in [6.07, 6.45) is 0. The first-order chi connectivity index (χ1) is 9.02. The molecular weight excluding hydrogens is 236 g/mol. The topological polar surface area (TPSA) is 41.1 Å². The Morgan fingerprint density at radius 3 is 2.21 bits per heavy atom. The minimum absolute atomic E-state index is 0.768. The highest BCUT2D eigenvalue weighted by molar-refractivity contribution is 5.66. The van der Waals surface area contributed by atoms with Gasteiger partial charge in [-0.25, -0.2) is 9.97 Å². The second-order valence-corrected chi connectivity index (χ2v) is 4.71. The lowest BCUT2D eigenvalue weighted by Gasteiger charge is -2.22. The third-order valence-electron chi connectivity index (χ3n) is 3.21. The van der Waals surface area contributed by atoms with Crippen LogP contribution in [0.1, 0.15) is 17.0 Å². The molecule has 0 unspecified atom stereocenters. The number of aryl methyl sites for hydroxylation is 2. The molecule has 0 aliphatic carbocycles. The molecule has 0 spiro atoms. The molecule has 0 bridgehead atoms. The standard InChI is InChI=1S/C15H20N4/c1-10-6-8-13(9-7-10)19(5)15-11(2)14(16-4)17-12(3)18-15/h6-9H,1-5H3,(H,16,17,18). The molecule has 4 nitrogen and oxygen atoms in total. The third-order valence-corrected chi connectivity index (χ3v) is 3.21. The van der Waals surface area contributed by atoms with E-state index in [-0.39, 0.29) is 0 Å². The molecule has 0 radical (unpaired) electrons. The Morgan fingerprint density at radius 1 is 1.00 bits per heavy atom. The Labute approximate surface area is 114 Å². The predicted molar refractivity (Wildman–Crippen MR) is 80.3 cm³/mol. The quantitative estimate of drug-likeness (QED) is 0.915. The summed E-state index contributed by atoms with van der Waals surface area (Å²) < 4.78 is 0. The SMILES string of the molecule is CNc1nc(C)nc(N(C)c2ccc(C)cc2)c1C. The van der Waals surface area contributed by atoms with E-state index in [1.807, 2.05) is 27.9 Å². The number of aromatic nitrogens is 2. The van der Waals surface area contributed by atoms with Crippen molar-refractivity contribution >= 4 is 17.3 Å². The van der Waals surface area contributed by atoms with E-state index in [9.17, 15) is 0 Å². The van der Waals surface area contributed by atoms with Crippen LogP contribution in [0, 0.1) is 20.8 Å². The molecule has 0 saturated heterocycles. The van der Waals surface area contributed by atoms with E-state index in [1.165, 1.54) is 5.56 Å². The Morgan fingerprint density at radius 2 is 1.63 bits per heavy atom. The van der Waals surface area contributed by atoms with Gasteiger partial charge in [0, 0.05) is 25.3 Å². The van der Waals surface area contributed by atoms with Crippen LogP contribution in [0.3, 0.4) is 0 Å². The van der Waals surface area contributed by atoms with E-state index >= 15 is 0 Å². The van der Waals surface area contributed by atoms with E-state index in [1.54, 1.807) is 0 Å². The van der Waals surface area contributed by atoms with Crippen molar-refractivity contribution in [2.45, 2.75) is 20.8 Å². The van der Waals surface area contributed by atoms with Gasteiger partial charge < -0.3 is 10.2 Å². The zero-order valence-corrected chi connectivity index (χ0v) is 12.2. The fraction of sp³-hybridized carbons (Fsp3) is 0.333. The number of anilines is 3. The predicted octanol–water partition coefficient (Wildman–Crippen LogP) is 3.21. The molecule has 4 heteroatoms. The molecule has 100 valence electrons. The molecule has 1 N–H and O–H groups in total. The van der Waals surface area contributed by atoms with Gasteiger partial charge in [-0.15, -0.1) is 0 Å². The third kappa shape index (κ3) is 2.67. The van der Waals surface area contributed by atoms with Crippen LogP contribution >= 0.6 is 0 Å². The maximum absolute atomic E-state index is 4.55. The number of nitrogens with one attached hydrogen (secondary N) is 1. The highest BCUT2D eigenvalue weighted by Gasteiger charge is 2.13. The minimum atomic E-state index is 0.768. The highest BCUT2D eigenvalue weighted by atomic mass is 15.2. The van der Waals surface area contributed by atoms with Crippen LogP contribution in [0.25, 0.3) is 0 Å². The Hall–Kier alpha value is -2.10. The second-order valence-electron chi connectivity index (χ2n) is 4.71. The average molecular weight is 256 g/mol. The normalized spacial score (nSPS) is 10.4. The zero-order valence-electron chi connectivity index (χ0n) is 12.2. The summed E-state index contributed by atoms with van der Waals surface area (Å²) in [4.78, 5) is 11.0. The van der Waals surface area contributed by atoms with Gasteiger partial charge in [0.2, 0.25) is 0 Å². The molecule has 0 atom stereocenters. The lowest BCUT2D eigenvalue weighted by Crippen LogP contribution is -2.15. The molecule has 2 rings (SSSR count). The largest absolute Gasteiger partial charge is 0.373 e. The molecule has 19 heavy (non-hydrogen) atoms. The fourth-order valence-electron chi connectivity index (χ4n) is 2.07. The molecule has 2 aromatic rings. The zero-order chi connectivity index (χ0) is 14.0.